The number of amides is 2. The van der Waals surface area contributed by atoms with Gasteiger partial charge in [0.2, 0.25) is 11.8 Å². The smallest absolute Gasteiger partial charge is 0.225 e. The molecule has 1 atom stereocenters. The van der Waals surface area contributed by atoms with Gasteiger partial charge in [0, 0.05) is 56.5 Å². The molecule has 2 aliphatic heterocycles. The Kier molecular flexibility index (Phi) is 6.84. The highest BCUT2D eigenvalue weighted by Crippen LogP contribution is 2.39. The van der Waals surface area contributed by atoms with Crippen molar-refractivity contribution in [1.82, 2.24) is 14.7 Å². The first-order valence-electron chi connectivity index (χ1n) is 12.5. The molecule has 1 aliphatic carbocycles. The summed E-state index contributed by atoms with van der Waals surface area (Å²) in [5, 5.41) is 2.21. The van der Waals surface area contributed by atoms with Crippen LogP contribution in [-0.2, 0) is 16.0 Å². The molecule has 1 aromatic heterocycles. The van der Waals surface area contributed by atoms with Gasteiger partial charge in [-0.15, -0.1) is 11.3 Å². The molecule has 5 nitrogen and oxygen atoms in total. The topological polar surface area (TPSA) is 43.9 Å². The minimum Gasteiger partial charge on any atom is -0.339 e. The lowest BCUT2D eigenvalue weighted by Gasteiger charge is -2.38. The molecular formula is C27H35N3O2S. The summed E-state index contributed by atoms with van der Waals surface area (Å²) in [6.45, 7) is 6.67. The fraction of sp³-hybridized carbons (Fsp3) is 0.556. The molecule has 1 aromatic carbocycles. The maximum Gasteiger partial charge on any atom is 0.225 e. The van der Waals surface area contributed by atoms with E-state index in [4.69, 9.17) is 0 Å². The third kappa shape index (κ3) is 4.73. The van der Waals surface area contributed by atoms with Crippen molar-refractivity contribution in [3.8, 4) is 0 Å². The summed E-state index contributed by atoms with van der Waals surface area (Å²) in [7, 11) is 0. The summed E-state index contributed by atoms with van der Waals surface area (Å²) in [4.78, 5) is 33.7. The van der Waals surface area contributed by atoms with E-state index in [2.05, 4.69) is 47.5 Å². The van der Waals surface area contributed by atoms with E-state index in [1.807, 2.05) is 21.1 Å². The number of carbonyl (C=O) groups excluding carboxylic acids is 2. The maximum atomic E-state index is 13.1. The summed E-state index contributed by atoms with van der Waals surface area (Å²) in [5.41, 5.74) is 4.07. The standard InChI is InChI=1S/C27H35N3O2S/c1-20-6-2-5-9-22(20)26-23-12-19-33-24(23)10-13-29(26)14-11-25(31)28-15-17-30(18-16-28)27(32)21-7-3-4-8-21/h2,5-6,9,12,19,21,26H,3-4,7-8,10-11,13-18H2,1H3. The van der Waals surface area contributed by atoms with Crippen LogP contribution in [0.15, 0.2) is 35.7 Å². The molecular weight excluding hydrogens is 430 g/mol. The van der Waals surface area contributed by atoms with Crippen molar-refractivity contribution in [2.75, 3.05) is 39.3 Å². The van der Waals surface area contributed by atoms with Crippen molar-refractivity contribution >= 4 is 23.2 Å². The number of aryl methyl sites for hydroxylation is 1. The number of hydrogen-bond acceptors (Lipinski definition) is 4. The van der Waals surface area contributed by atoms with Gasteiger partial charge in [-0.1, -0.05) is 37.1 Å². The van der Waals surface area contributed by atoms with Crippen molar-refractivity contribution in [2.45, 2.75) is 51.5 Å². The van der Waals surface area contributed by atoms with Crippen LogP contribution in [0.1, 0.15) is 59.7 Å². The SMILES string of the molecule is Cc1ccccc1C1c2ccsc2CCN1CCC(=O)N1CCN(C(=O)C2CCCC2)CC1. The molecule has 6 heteroatoms. The molecule has 0 bridgehead atoms. The molecule has 1 saturated heterocycles. The first kappa shape index (κ1) is 22.6. The molecule has 5 rings (SSSR count). The maximum absolute atomic E-state index is 13.1. The van der Waals surface area contributed by atoms with Gasteiger partial charge < -0.3 is 9.80 Å². The lowest BCUT2D eigenvalue weighted by Crippen LogP contribution is -2.52. The van der Waals surface area contributed by atoms with Gasteiger partial charge in [0.15, 0.2) is 0 Å². The van der Waals surface area contributed by atoms with Crippen molar-refractivity contribution in [3.63, 3.8) is 0 Å². The Bertz CT molecular complexity index is 989. The largest absolute Gasteiger partial charge is 0.339 e. The van der Waals surface area contributed by atoms with E-state index in [0.717, 1.165) is 32.4 Å². The summed E-state index contributed by atoms with van der Waals surface area (Å²) < 4.78 is 0. The second kappa shape index (κ2) is 9.98. The third-order valence-electron chi connectivity index (χ3n) is 7.81. The Morgan fingerprint density at radius 1 is 0.939 bits per heavy atom. The Labute approximate surface area is 201 Å². The molecule has 0 spiro atoms. The highest BCUT2D eigenvalue weighted by atomic mass is 32.1. The van der Waals surface area contributed by atoms with Gasteiger partial charge >= 0.3 is 0 Å². The van der Waals surface area contributed by atoms with Crippen LogP contribution in [-0.4, -0.2) is 65.8 Å². The zero-order valence-electron chi connectivity index (χ0n) is 19.7. The number of rotatable bonds is 5. The van der Waals surface area contributed by atoms with Crippen LogP contribution in [0, 0.1) is 12.8 Å². The fourth-order valence-electron chi connectivity index (χ4n) is 5.87. The van der Waals surface area contributed by atoms with Gasteiger partial charge in [-0.05, 0) is 54.3 Å². The lowest BCUT2D eigenvalue weighted by molar-refractivity contribution is -0.142. The third-order valence-corrected chi connectivity index (χ3v) is 8.81. The minimum atomic E-state index is 0.225. The molecule has 3 heterocycles. The van der Waals surface area contributed by atoms with Crippen LogP contribution in [0.5, 0.6) is 0 Å². The molecule has 176 valence electrons. The minimum absolute atomic E-state index is 0.225. The number of hydrogen-bond donors (Lipinski definition) is 0. The van der Waals surface area contributed by atoms with E-state index in [0.29, 0.717) is 38.5 Å². The van der Waals surface area contributed by atoms with Crippen molar-refractivity contribution in [3.05, 3.63) is 57.3 Å². The highest BCUT2D eigenvalue weighted by Gasteiger charge is 2.33. The Balaban J connectivity index is 1.20. The number of benzene rings is 1. The van der Waals surface area contributed by atoms with Crippen molar-refractivity contribution < 1.29 is 9.59 Å². The van der Waals surface area contributed by atoms with E-state index in [1.165, 1.54) is 34.4 Å². The summed E-state index contributed by atoms with van der Waals surface area (Å²) in [6.07, 6.45) is 6.05. The van der Waals surface area contributed by atoms with E-state index < -0.39 is 0 Å². The molecule has 2 aromatic rings. The van der Waals surface area contributed by atoms with E-state index in [1.54, 1.807) is 0 Å². The first-order valence-corrected chi connectivity index (χ1v) is 13.4. The summed E-state index contributed by atoms with van der Waals surface area (Å²) >= 11 is 1.86. The van der Waals surface area contributed by atoms with Crippen LogP contribution in [0.3, 0.4) is 0 Å². The quantitative estimate of drug-likeness (QED) is 0.663. The molecule has 1 unspecified atom stereocenters. The van der Waals surface area contributed by atoms with Crippen molar-refractivity contribution in [1.29, 1.82) is 0 Å². The number of carbonyl (C=O) groups is 2. The van der Waals surface area contributed by atoms with Crippen LogP contribution in [0.2, 0.25) is 0 Å². The van der Waals surface area contributed by atoms with Gasteiger partial charge in [0.05, 0.1) is 6.04 Å². The molecule has 33 heavy (non-hydrogen) atoms. The van der Waals surface area contributed by atoms with Gasteiger partial charge in [-0.25, -0.2) is 0 Å². The van der Waals surface area contributed by atoms with Crippen LogP contribution in [0.4, 0.5) is 0 Å². The van der Waals surface area contributed by atoms with Gasteiger partial charge in [-0.3, -0.25) is 14.5 Å². The van der Waals surface area contributed by atoms with Crippen LogP contribution >= 0.6 is 11.3 Å². The number of fused-ring (bicyclic) bond motifs is 1. The van der Waals surface area contributed by atoms with Gasteiger partial charge in [0.25, 0.3) is 0 Å². The average Bonchev–Trinajstić information content (AvgIpc) is 3.55. The predicted octanol–water partition coefficient (Wildman–Crippen LogP) is 4.26. The molecule has 0 radical (unpaired) electrons. The second-order valence-corrected chi connectivity index (χ2v) is 10.8. The Morgan fingerprint density at radius 2 is 1.67 bits per heavy atom. The van der Waals surface area contributed by atoms with Crippen LogP contribution in [0.25, 0.3) is 0 Å². The summed E-state index contributed by atoms with van der Waals surface area (Å²) in [5.74, 6) is 0.773. The van der Waals surface area contributed by atoms with Gasteiger partial charge in [-0.2, -0.15) is 0 Å². The highest BCUT2D eigenvalue weighted by molar-refractivity contribution is 7.10. The molecule has 0 N–H and O–H groups in total. The average molecular weight is 466 g/mol. The first-order chi connectivity index (χ1) is 16.1. The molecule has 2 fully saturated rings. The fourth-order valence-corrected chi connectivity index (χ4v) is 6.78. The number of piperazine rings is 1. The number of thiophene rings is 1. The normalized spacial score (nSPS) is 21.9. The zero-order chi connectivity index (χ0) is 22.8. The van der Waals surface area contributed by atoms with Crippen LogP contribution < -0.4 is 0 Å². The van der Waals surface area contributed by atoms with E-state index in [9.17, 15) is 9.59 Å². The number of nitrogens with zero attached hydrogens (tertiary/aromatic N) is 3. The second-order valence-electron chi connectivity index (χ2n) is 9.78. The molecule has 3 aliphatic rings. The Morgan fingerprint density at radius 3 is 2.42 bits per heavy atom. The van der Waals surface area contributed by atoms with Gasteiger partial charge in [0.1, 0.15) is 0 Å². The zero-order valence-corrected chi connectivity index (χ0v) is 20.5. The Hall–Kier alpha value is -2.18. The molecule has 2 amide bonds. The monoisotopic (exact) mass is 465 g/mol. The predicted molar refractivity (Wildman–Crippen MR) is 132 cm³/mol. The molecule has 1 saturated carbocycles. The lowest BCUT2D eigenvalue weighted by atomic mass is 9.90. The van der Waals surface area contributed by atoms with E-state index >= 15 is 0 Å². The van der Waals surface area contributed by atoms with E-state index in [-0.39, 0.29) is 17.9 Å². The van der Waals surface area contributed by atoms with Crippen molar-refractivity contribution in [2.24, 2.45) is 5.92 Å². The summed E-state index contributed by atoms with van der Waals surface area (Å²) in [6, 6.07) is 11.1.